The minimum Gasteiger partial charge on any atom is -0.349 e. The standard InChI is InChI=1S/C20H21N5O/c1-2-25(15-16-8-4-3-5-9-16)19(26)18-11-13-22-20(24-18)23-14-17-10-6-7-12-21-17/h3-13H,2,14-15H2,1H3,(H,22,23,24). The van der Waals surface area contributed by atoms with Crippen LogP contribution in [0, 0.1) is 0 Å². The lowest BCUT2D eigenvalue weighted by molar-refractivity contribution is 0.0746. The zero-order valence-corrected chi connectivity index (χ0v) is 14.7. The average molecular weight is 347 g/mol. The van der Waals surface area contributed by atoms with Crippen molar-refractivity contribution in [1.82, 2.24) is 19.9 Å². The second-order valence-corrected chi connectivity index (χ2v) is 5.75. The van der Waals surface area contributed by atoms with E-state index in [1.54, 1.807) is 23.4 Å². The van der Waals surface area contributed by atoms with Gasteiger partial charge in [0, 0.05) is 25.5 Å². The number of nitrogens with one attached hydrogen (secondary N) is 1. The summed E-state index contributed by atoms with van der Waals surface area (Å²) in [6.07, 6.45) is 3.33. The third-order valence-electron chi connectivity index (χ3n) is 3.91. The number of rotatable bonds is 7. The number of amides is 1. The summed E-state index contributed by atoms with van der Waals surface area (Å²) in [5.74, 6) is 0.303. The molecule has 0 saturated heterocycles. The smallest absolute Gasteiger partial charge is 0.272 e. The fourth-order valence-corrected chi connectivity index (χ4v) is 2.53. The Morgan fingerprint density at radius 1 is 1.00 bits per heavy atom. The van der Waals surface area contributed by atoms with Crippen LogP contribution >= 0.6 is 0 Å². The molecule has 26 heavy (non-hydrogen) atoms. The fraction of sp³-hybridized carbons (Fsp3) is 0.200. The van der Waals surface area contributed by atoms with Crippen LogP contribution in [0.3, 0.4) is 0 Å². The largest absolute Gasteiger partial charge is 0.349 e. The van der Waals surface area contributed by atoms with Gasteiger partial charge in [-0.1, -0.05) is 36.4 Å². The lowest BCUT2D eigenvalue weighted by atomic mass is 10.2. The highest BCUT2D eigenvalue weighted by Gasteiger charge is 2.16. The van der Waals surface area contributed by atoms with Crippen LogP contribution in [0.5, 0.6) is 0 Å². The van der Waals surface area contributed by atoms with E-state index in [9.17, 15) is 4.79 Å². The van der Waals surface area contributed by atoms with Crippen molar-refractivity contribution in [1.29, 1.82) is 0 Å². The Labute approximate surface area is 153 Å². The highest BCUT2D eigenvalue weighted by molar-refractivity contribution is 5.92. The van der Waals surface area contributed by atoms with E-state index in [0.29, 0.717) is 31.3 Å². The predicted molar refractivity (Wildman–Crippen MR) is 100 cm³/mol. The van der Waals surface area contributed by atoms with Gasteiger partial charge in [-0.05, 0) is 30.7 Å². The van der Waals surface area contributed by atoms with Crippen molar-refractivity contribution in [2.75, 3.05) is 11.9 Å². The summed E-state index contributed by atoms with van der Waals surface area (Å²) in [5.41, 5.74) is 2.35. The van der Waals surface area contributed by atoms with E-state index in [-0.39, 0.29) is 5.91 Å². The highest BCUT2D eigenvalue weighted by atomic mass is 16.2. The third-order valence-corrected chi connectivity index (χ3v) is 3.91. The van der Waals surface area contributed by atoms with E-state index in [4.69, 9.17) is 0 Å². The molecule has 3 rings (SSSR count). The van der Waals surface area contributed by atoms with Gasteiger partial charge in [-0.15, -0.1) is 0 Å². The van der Waals surface area contributed by atoms with Crippen molar-refractivity contribution in [3.63, 3.8) is 0 Å². The Morgan fingerprint density at radius 3 is 2.54 bits per heavy atom. The van der Waals surface area contributed by atoms with Gasteiger partial charge in [0.1, 0.15) is 5.69 Å². The molecule has 1 amide bonds. The lowest BCUT2D eigenvalue weighted by Crippen LogP contribution is -2.31. The molecule has 1 N–H and O–H groups in total. The maximum absolute atomic E-state index is 12.8. The highest BCUT2D eigenvalue weighted by Crippen LogP contribution is 2.10. The molecule has 0 unspecified atom stereocenters. The van der Waals surface area contributed by atoms with Crippen LogP contribution in [0.4, 0.5) is 5.95 Å². The Hall–Kier alpha value is -3.28. The maximum atomic E-state index is 12.8. The van der Waals surface area contributed by atoms with Crippen LogP contribution in [-0.4, -0.2) is 32.3 Å². The van der Waals surface area contributed by atoms with Crippen LogP contribution in [0.2, 0.25) is 0 Å². The summed E-state index contributed by atoms with van der Waals surface area (Å²) in [6, 6.07) is 17.3. The Bertz CT molecular complexity index is 839. The molecule has 1 aromatic carbocycles. The third kappa shape index (κ3) is 4.63. The number of carbonyl (C=O) groups excluding carboxylic acids is 1. The number of nitrogens with zero attached hydrogens (tertiary/aromatic N) is 4. The molecule has 0 aliphatic heterocycles. The molecule has 0 spiro atoms. The van der Waals surface area contributed by atoms with Gasteiger partial charge in [0.05, 0.1) is 12.2 Å². The monoisotopic (exact) mass is 347 g/mol. The van der Waals surface area contributed by atoms with Crippen molar-refractivity contribution in [2.24, 2.45) is 0 Å². The second-order valence-electron chi connectivity index (χ2n) is 5.75. The number of pyridine rings is 1. The zero-order chi connectivity index (χ0) is 18.2. The topological polar surface area (TPSA) is 71.0 Å². The number of hydrogen-bond acceptors (Lipinski definition) is 5. The maximum Gasteiger partial charge on any atom is 0.272 e. The SMILES string of the molecule is CCN(Cc1ccccc1)C(=O)c1ccnc(NCc2ccccn2)n1. The van der Waals surface area contributed by atoms with Gasteiger partial charge in [-0.25, -0.2) is 9.97 Å². The van der Waals surface area contributed by atoms with Crippen LogP contribution in [0.15, 0.2) is 67.0 Å². The molecule has 132 valence electrons. The minimum atomic E-state index is -0.111. The summed E-state index contributed by atoms with van der Waals surface area (Å²) < 4.78 is 0. The van der Waals surface area contributed by atoms with E-state index in [1.807, 2.05) is 55.5 Å². The van der Waals surface area contributed by atoms with Gasteiger partial charge < -0.3 is 10.2 Å². The lowest BCUT2D eigenvalue weighted by Gasteiger charge is -2.20. The molecule has 0 aliphatic carbocycles. The Kier molecular flexibility index (Phi) is 5.88. The van der Waals surface area contributed by atoms with Crippen molar-refractivity contribution in [2.45, 2.75) is 20.0 Å². The fourth-order valence-electron chi connectivity index (χ4n) is 2.53. The molecule has 0 aliphatic rings. The Morgan fingerprint density at radius 2 is 1.81 bits per heavy atom. The number of carbonyl (C=O) groups is 1. The number of hydrogen-bond donors (Lipinski definition) is 1. The first kappa shape index (κ1) is 17.5. The molecule has 0 fully saturated rings. The second kappa shape index (κ2) is 8.71. The first-order valence-corrected chi connectivity index (χ1v) is 8.56. The summed E-state index contributed by atoms with van der Waals surface area (Å²) in [4.78, 5) is 27.4. The molecular formula is C20H21N5O. The number of aromatic nitrogens is 3. The molecule has 3 aromatic rings. The van der Waals surface area contributed by atoms with E-state index in [2.05, 4.69) is 20.3 Å². The van der Waals surface area contributed by atoms with Crippen molar-refractivity contribution < 1.29 is 4.79 Å². The van der Waals surface area contributed by atoms with Gasteiger partial charge in [0.25, 0.3) is 5.91 Å². The molecule has 2 heterocycles. The van der Waals surface area contributed by atoms with Crippen LogP contribution in [-0.2, 0) is 13.1 Å². The molecule has 6 nitrogen and oxygen atoms in total. The van der Waals surface area contributed by atoms with Gasteiger partial charge in [-0.3, -0.25) is 9.78 Å². The molecule has 0 atom stereocenters. The molecule has 0 radical (unpaired) electrons. The quantitative estimate of drug-likeness (QED) is 0.711. The van der Waals surface area contributed by atoms with Gasteiger partial charge >= 0.3 is 0 Å². The number of benzene rings is 1. The first-order chi connectivity index (χ1) is 12.8. The summed E-state index contributed by atoms with van der Waals surface area (Å²) in [6.45, 7) is 3.62. The van der Waals surface area contributed by atoms with Gasteiger partial charge in [-0.2, -0.15) is 0 Å². The van der Waals surface area contributed by atoms with Crippen molar-refractivity contribution in [3.05, 3.63) is 83.9 Å². The van der Waals surface area contributed by atoms with Gasteiger partial charge in [0.15, 0.2) is 0 Å². The molecular weight excluding hydrogens is 326 g/mol. The van der Waals surface area contributed by atoms with Gasteiger partial charge in [0.2, 0.25) is 5.95 Å². The van der Waals surface area contributed by atoms with E-state index in [0.717, 1.165) is 11.3 Å². The minimum absolute atomic E-state index is 0.111. The van der Waals surface area contributed by atoms with Crippen LogP contribution in [0.25, 0.3) is 0 Å². The summed E-state index contributed by atoms with van der Waals surface area (Å²) >= 11 is 0. The number of anilines is 1. The van der Waals surface area contributed by atoms with Crippen LogP contribution < -0.4 is 5.32 Å². The summed E-state index contributed by atoms with van der Waals surface area (Å²) in [5, 5.41) is 3.11. The van der Waals surface area contributed by atoms with Crippen molar-refractivity contribution in [3.8, 4) is 0 Å². The van der Waals surface area contributed by atoms with E-state index >= 15 is 0 Å². The Balaban J connectivity index is 1.68. The summed E-state index contributed by atoms with van der Waals surface area (Å²) in [7, 11) is 0. The molecule has 0 bridgehead atoms. The van der Waals surface area contributed by atoms with Crippen molar-refractivity contribution >= 4 is 11.9 Å². The van der Waals surface area contributed by atoms with Crippen LogP contribution in [0.1, 0.15) is 28.7 Å². The van der Waals surface area contributed by atoms with E-state index < -0.39 is 0 Å². The molecule has 0 saturated carbocycles. The first-order valence-electron chi connectivity index (χ1n) is 8.56. The van der Waals surface area contributed by atoms with E-state index in [1.165, 1.54) is 0 Å². The zero-order valence-electron chi connectivity index (χ0n) is 14.7. The normalized spacial score (nSPS) is 10.3. The predicted octanol–water partition coefficient (Wildman–Crippen LogP) is 3.15. The molecule has 6 heteroatoms. The average Bonchev–Trinajstić information content (AvgIpc) is 2.72. The molecule has 2 aromatic heterocycles.